The van der Waals surface area contributed by atoms with Crippen molar-refractivity contribution in [2.45, 2.75) is 0 Å². The Kier molecular flexibility index (Phi) is 6.73. The molecule has 8 aromatic rings. The third-order valence-electron chi connectivity index (χ3n) is 8.42. The van der Waals surface area contributed by atoms with Gasteiger partial charge < -0.3 is 9.47 Å². The van der Waals surface area contributed by atoms with E-state index in [1.807, 2.05) is 72.8 Å². The Morgan fingerprint density at radius 1 is 0.348 bits per heavy atom. The van der Waals surface area contributed by atoms with Crippen LogP contribution in [0.5, 0.6) is 11.5 Å². The zero-order chi connectivity index (χ0) is 31.0. The fourth-order valence-corrected chi connectivity index (χ4v) is 6.36. The molecule has 0 heterocycles. The molecule has 0 aliphatic heterocycles. The summed E-state index contributed by atoms with van der Waals surface area (Å²) in [4.78, 5) is 28.4. The van der Waals surface area contributed by atoms with Crippen LogP contribution in [-0.4, -0.2) is 11.9 Å². The lowest BCUT2D eigenvalue weighted by Crippen LogP contribution is -2.14. The van der Waals surface area contributed by atoms with E-state index in [1.54, 1.807) is 36.4 Å². The SMILES string of the molecule is O=C(Oc1ccccc1)c1ccc2ccc3ccccc3c2c1-c1c(C(=O)Oc2ccccc2)ccc2ccc3ccccc3c12. The molecule has 0 spiro atoms. The summed E-state index contributed by atoms with van der Waals surface area (Å²) in [6.45, 7) is 0. The van der Waals surface area contributed by atoms with E-state index in [-0.39, 0.29) is 0 Å². The van der Waals surface area contributed by atoms with E-state index in [4.69, 9.17) is 9.47 Å². The quantitative estimate of drug-likeness (QED) is 0.113. The van der Waals surface area contributed by atoms with Gasteiger partial charge in [-0.15, -0.1) is 0 Å². The molecule has 8 aromatic carbocycles. The summed E-state index contributed by atoms with van der Waals surface area (Å²) in [5.74, 6) is -0.168. The molecule has 0 N–H and O–H groups in total. The molecule has 0 atom stereocenters. The van der Waals surface area contributed by atoms with Crippen LogP contribution in [-0.2, 0) is 0 Å². The van der Waals surface area contributed by atoms with E-state index in [0.29, 0.717) is 33.8 Å². The van der Waals surface area contributed by atoms with E-state index in [2.05, 4.69) is 48.5 Å². The minimum Gasteiger partial charge on any atom is -0.423 e. The number of carbonyl (C=O) groups is 2. The molecule has 46 heavy (non-hydrogen) atoms. The molecule has 4 heteroatoms. The van der Waals surface area contributed by atoms with Gasteiger partial charge in [-0.3, -0.25) is 0 Å². The molecule has 0 aromatic heterocycles. The maximum Gasteiger partial charge on any atom is 0.344 e. The number of fused-ring (bicyclic) bond motifs is 6. The lowest BCUT2D eigenvalue weighted by molar-refractivity contribution is 0.0723. The van der Waals surface area contributed by atoms with Crippen LogP contribution in [0.15, 0.2) is 158 Å². The fraction of sp³-hybridized carbons (Fsp3) is 0. The summed E-state index contributed by atoms with van der Waals surface area (Å²) >= 11 is 0. The lowest BCUT2D eigenvalue weighted by atomic mass is 9.84. The Labute approximate surface area is 265 Å². The molecule has 0 saturated carbocycles. The molecule has 0 unspecified atom stereocenters. The van der Waals surface area contributed by atoms with Gasteiger partial charge in [0.25, 0.3) is 0 Å². The van der Waals surface area contributed by atoms with Crippen molar-refractivity contribution in [2.24, 2.45) is 0 Å². The molecule has 0 radical (unpaired) electrons. The minimum atomic E-state index is -0.518. The summed E-state index contributed by atoms with van der Waals surface area (Å²) in [6.07, 6.45) is 0. The number of esters is 2. The van der Waals surface area contributed by atoms with Crippen LogP contribution in [0.2, 0.25) is 0 Å². The van der Waals surface area contributed by atoms with Crippen molar-refractivity contribution in [1.82, 2.24) is 0 Å². The van der Waals surface area contributed by atoms with Crippen LogP contribution >= 0.6 is 0 Å². The van der Waals surface area contributed by atoms with Crippen molar-refractivity contribution in [3.05, 3.63) is 169 Å². The highest BCUT2D eigenvalue weighted by Gasteiger charge is 2.27. The molecule has 0 fully saturated rings. The first-order valence-corrected chi connectivity index (χ1v) is 15.1. The maximum atomic E-state index is 14.2. The number of hydrogen-bond acceptors (Lipinski definition) is 4. The average molecular weight is 595 g/mol. The number of ether oxygens (including phenoxy) is 2. The summed E-state index contributed by atoms with van der Waals surface area (Å²) in [6, 6.07) is 50.0. The normalized spacial score (nSPS) is 11.2. The van der Waals surface area contributed by atoms with Crippen molar-refractivity contribution in [1.29, 1.82) is 0 Å². The number of carbonyl (C=O) groups excluding carboxylic acids is 2. The Morgan fingerprint density at radius 3 is 1.13 bits per heavy atom. The zero-order valence-electron chi connectivity index (χ0n) is 24.6. The molecule has 8 rings (SSSR count). The maximum absolute atomic E-state index is 14.2. The number of hydrogen-bond donors (Lipinski definition) is 0. The fourth-order valence-electron chi connectivity index (χ4n) is 6.36. The number of para-hydroxylation sites is 2. The Bertz CT molecular complexity index is 2270. The van der Waals surface area contributed by atoms with Gasteiger partial charge in [0, 0.05) is 11.1 Å². The van der Waals surface area contributed by atoms with Crippen molar-refractivity contribution in [2.75, 3.05) is 0 Å². The summed E-state index contributed by atoms with van der Waals surface area (Å²) in [5.41, 5.74) is 1.94. The second-order valence-electron chi connectivity index (χ2n) is 11.2. The van der Waals surface area contributed by atoms with Gasteiger partial charge in [0.1, 0.15) is 11.5 Å². The third-order valence-corrected chi connectivity index (χ3v) is 8.42. The zero-order valence-corrected chi connectivity index (χ0v) is 24.6. The van der Waals surface area contributed by atoms with Crippen molar-refractivity contribution in [3.63, 3.8) is 0 Å². The highest BCUT2D eigenvalue weighted by Crippen LogP contribution is 2.44. The molecule has 4 nitrogen and oxygen atoms in total. The van der Waals surface area contributed by atoms with Gasteiger partial charge in [0.15, 0.2) is 0 Å². The molecule has 0 aliphatic rings. The predicted octanol–water partition coefficient (Wildman–Crippen LogP) is 10.4. The van der Waals surface area contributed by atoms with Gasteiger partial charge >= 0.3 is 11.9 Å². The average Bonchev–Trinajstić information content (AvgIpc) is 3.11. The van der Waals surface area contributed by atoms with Gasteiger partial charge in [0.2, 0.25) is 0 Å². The molecule has 218 valence electrons. The molecule has 0 aliphatic carbocycles. The highest BCUT2D eigenvalue weighted by molar-refractivity contribution is 6.27. The Hall–Kier alpha value is -6.26. The number of benzene rings is 8. The first kappa shape index (κ1) is 27.3. The van der Waals surface area contributed by atoms with Crippen molar-refractivity contribution < 1.29 is 19.1 Å². The minimum absolute atomic E-state index is 0.349. The van der Waals surface area contributed by atoms with Crippen LogP contribution in [0, 0.1) is 0 Å². The van der Waals surface area contributed by atoms with Crippen LogP contribution in [0.25, 0.3) is 54.2 Å². The first-order chi connectivity index (χ1) is 22.7. The van der Waals surface area contributed by atoms with E-state index in [0.717, 1.165) is 43.1 Å². The van der Waals surface area contributed by atoms with Gasteiger partial charge in [0.05, 0.1) is 11.1 Å². The standard InChI is InChI=1S/C42H26O4/c43-41(45-31-13-3-1-4-14-31)35-25-23-29-21-19-27-11-7-9-17-33(27)37(29)39(35)40-36(42(44)46-32-15-5-2-6-16-32)26-24-30-22-20-28-12-8-10-18-34(28)38(30)40/h1-26H. The summed E-state index contributed by atoms with van der Waals surface area (Å²) in [7, 11) is 0. The van der Waals surface area contributed by atoms with Gasteiger partial charge in [-0.25, -0.2) is 9.59 Å². The van der Waals surface area contributed by atoms with Crippen molar-refractivity contribution in [3.8, 4) is 22.6 Å². The smallest absolute Gasteiger partial charge is 0.344 e. The van der Waals surface area contributed by atoms with Crippen LogP contribution in [0.3, 0.4) is 0 Å². The molecule has 0 amide bonds. The summed E-state index contributed by atoms with van der Waals surface area (Å²) in [5, 5.41) is 7.54. The Morgan fingerprint density at radius 2 is 0.696 bits per heavy atom. The van der Waals surface area contributed by atoms with Crippen LogP contribution in [0.1, 0.15) is 20.7 Å². The number of rotatable bonds is 5. The third kappa shape index (κ3) is 4.73. The Balaban J connectivity index is 1.52. The van der Waals surface area contributed by atoms with Crippen LogP contribution < -0.4 is 9.47 Å². The van der Waals surface area contributed by atoms with Gasteiger partial charge in [-0.05, 0) is 79.5 Å². The lowest BCUT2D eigenvalue weighted by Gasteiger charge is -2.20. The molecular formula is C42H26O4. The van der Waals surface area contributed by atoms with E-state index >= 15 is 0 Å². The highest BCUT2D eigenvalue weighted by atomic mass is 16.5. The molecule has 0 saturated heterocycles. The van der Waals surface area contributed by atoms with Gasteiger partial charge in [-0.1, -0.05) is 121 Å². The predicted molar refractivity (Wildman–Crippen MR) is 185 cm³/mol. The molecule has 0 bridgehead atoms. The largest absolute Gasteiger partial charge is 0.423 e. The van der Waals surface area contributed by atoms with Gasteiger partial charge in [-0.2, -0.15) is 0 Å². The second-order valence-corrected chi connectivity index (χ2v) is 11.2. The van der Waals surface area contributed by atoms with Crippen molar-refractivity contribution >= 4 is 55.0 Å². The molecular weight excluding hydrogens is 568 g/mol. The monoisotopic (exact) mass is 594 g/mol. The summed E-state index contributed by atoms with van der Waals surface area (Å²) < 4.78 is 11.9. The van der Waals surface area contributed by atoms with E-state index < -0.39 is 11.9 Å². The second kappa shape index (κ2) is 11.3. The first-order valence-electron chi connectivity index (χ1n) is 15.1. The topological polar surface area (TPSA) is 52.6 Å². The van der Waals surface area contributed by atoms with E-state index in [9.17, 15) is 9.59 Å². The van der Waals surface area contributed by atoms with Crippen LogP contribution in [0.4, 0.5) is 0 Å². The van der Waals surface area contributed by atoms with E-state index in [1.165, 1.54) is 0 Å².